The minimum absolute atomic E-state index is 0.0839. The third kappa shape index (κ3) is 3.25. The Morgan fingerprint density at radius 1 is 1.50 bits per heavy atom. The number of rotatable bonds is 5. The molecule has 1 aromatic rings. The molecule has 1 aliphatic rings. The number of halogens is 1. The molecular formula is C14H18BrNO2. The van der Waals surface area contributed by atoms with Crippen molar-refractivity contribution in [2.24, 2.45) is 0 Å². The first kappa shape index (κ1) is 13.4. The van der Waals surface area contributed by atoms with Crippen molar-refractivity contribution in [2.45, 2.75) is 32.7 Å². The molecule has 0 atom stereocenters. The summed E-state index contributed by atoms with van der Waals surface area (Å²) in [4.78, 5) is 13.9. The summed E-state index contributed by atoms with van der Waals surface area (Å²) in [5.41, 5.74) is 1.11. The largest absolute Gasteiger partial charge is 0.484 e. The number of ether oxygens (including phenoxy) is 1. The summed E-state index contributed by atoms with van der Waals surface area (Å²) in [6, 6.07) is 6.20. The standard InChI is InChI=1S/C14H18BrNO2/c1-3-16(11-4-5-11)14(17)9-18-12-6-7-13(15)10(2)8-12/h6-8,11H,3-5,9H2,1-2H3. The van der Waals surface area contributed by atoms with E-state index in [1.807, 2.05) is 36.9 Å². The first-order valence-corrected chi connectivity index (χ1v) is 7.09. The van der Waals surface area contributed by atoms with E-state index in [0.29, 0.717) is 6.04 Å². The maximum Gasteiger partial charge on any atom is 0.260 e. The summed E-state index contributed by atoms with van der Waals surface area (Å²) in [7, 11) is 0. The lowest BCUT2D eigenvalue weighted by molar-refractivity contribution is -0.133. The molecule has 2 rings (SSSR count). The first-order valence-electron chi connectivity index (χ1n) is 6.30. The highest BCUT2D eigenvalue weighted by molar-refractivity contribution is 9.10. The molecule has 0 unspecified atom stereocenters. The highest BCUT2D eigenvalue weighted by Gasteiger charge is 2.31. The second-order valence-corrected chi connectivity index (χ2v) is 5.46. The Morgan fingerprint density at radius 3 is 2.78 bits per heavy atom. The van der Waals surface area contributed by atoms with Crippen LogP contribution in [0.5, 0.6) is 5.75 Å². The number of nitrogens with zero attached hydrogens (tertiary/aromatic N) is 1. The van der Waals surface area contributed by atoms with E-state index in [2.05, 4.69) is 15.9 Å². The summed E-state index contributed by atoms with van der Waals surface area (Å²) < 4.78 is 6.60. The van der Waals surface area contributed by atoms with Gasteiger partial charge in [0.1, 0.15) is 5.75 Å². The molecule has 3 nitrogen and oxygen atoms in total. The van der Waals surface area contributed by atoms with Gasteiger partial charge in [-0.15, -0.1) is 0 Å². The van der Waals surface area contributed by atoms with Gasteiger partial charge in [0.2, 0.25) is 0 Å². The summed E-state index contributed by atoms with van der Waals surface area (Å²) in [6.45, 7) is 4.92. The zero-order valence-electron chi connectivity index (χ0n) is 10.8. The van der Waals surface area contributed by atoms with Gasteiger partial charge in [-0.05, 0) is 50.5 Å². The first-order chi connectivity index (χ1) is 8.61. The maximum atomic E-state index is 12.0. The molecule has 4 heteroatoms. The fourth-order valence-corrected chi connectivity index (χ4v) is 2.21. The number of aryl methyl sites for hydroxylation is 1. The van der Waals surface area contributed by atoms with E-state index in [0.717, 1.165) is 35.2 Å². The van der Waals surface area contributed by atoms with Crippen molar-refractivity contribution >= 4 is 21.8 Å². The second-order valence-electron chi connectivity index (χ2n) is 4.61. The Bertz CT molecular complexity index is 443. The van der Waals surface area contributed by atoms with Crippen LogP contribution in [0.15, 0.2) is 22.7 Å². The lowest BCUT2D eigenvalue weighted by Crippen LogP contribution is -2.36. The molecule has 0 N–H and O–H groups in total. The monoisotopic (exact) mass is 311 g/mol. The molecule has 0 radical (unpaired) electrons. The molecule has 0 aromatic heterocycles. The molecule has 0 bridgehead atoms. The predicted molar refractivity (Wildman–Crippen MR) is 74.8 cm³/mol. The Hall–Kier alpha value is -1.03. The summed E-state index contributed by atoms with van der Waals surface area (Å²) >= 11 is 3.44. The molecule has 18 heavy (non-hydrogen) atoms. The van der Waals surface area contributed by atoms with Crippen LogP contribution < -0.4 is 4.74 Å². The third-order valence-electron chi connectivity index (χ3n) is 3.14. The van der Waals surface area contributed by atoms with E-state index in [1.54, 1.807) is 0 Å². The van der Waals surface area contributed by atoms with Crippen molar-refractivity contribution in [2.75, 3.05) is 13.2 Å². The van der Waals surface area contributed by atoms with Crippen molar-refractivity contribution < 1.29 is 9.53 Å². The van der Waals surface area contributed by atoms with E-state index in [4.69, 9.17) is 4.74 Å². The Labute approximate surface area is 116 Å². The van der Waals surface area contributed by atoms with Crippen LogP contribution in [0.4, 0.5) is 0 Å². The van der Waals surface area contributed by atoms with Crippen LogP contribution in [0.25, 0.3) is 0 Å². The van der Waals surface area contributed by atoms with E-state index in [9.17, 15) is 4.79 Å². The zero-order chi connectivity index (χ0) is 13.1. The number of carbonyl (C=O) groups is 1. The Balaban J connectivity index is 1.90. The van der Waals surface area contributed by atoms with Crippen molar-refractivity contribution in [3.63, 3.8) is 0 Å². The minimum atomic E-state index is 0.0839. The lowest BCUT2D eigenvalue weighted by Gasteiger charge is -2.20. The highest BCUT2D eigenvalue weighted by Crippen LogP contribution is 2.27. The second kappa shape index (κ2) is 5.74. The van der Waals surface area contributed by atoms with Gasteiger partial charge in [0.15, 0.2) is 6.61 Å². The van der Waals surface area contributed by atoms with Gasteiger partial charge in [0.05, 0.1) is 0 Å². The van der Waals surface area contributed by atoms with Gasteiger partial charge in [0.25, 0.3) is 5.91 Å². The van der Waals surface area contributed by atoms with E-state index >= 15 is 0 Å². The SMILES string of the molecule is CCN(C(=O)COc1ccc(Br)c(C)c1)C1CC1. The number of carbonyl (C=O) groups excluding carboxylic acids is 1. The third-order valence-corrected chi connectivity index (χ3v) is 4.03. The van der Waals surface area contributed by atoms with Crippen LogP contribution in [0.2, 0.25) is 0 Å². The highest BCUT2D eigenvalue weighted by atomic mass is 79.9. The number of hydrogen-bond acceptors (Lipinski definition) is 2. The molecular weight excluding hydrogens is 294 g/mol. The number of likely N-dealkylation sites (N-methyl/N-ethyl adjacent to an activating group) is 1. The van der Waals surface area contributed by atoms with Gasteiger partial charge >= 0.3 is 0 Å². The average molecular weight is 312 g/mol. The van der Waals surface area contributed by atoms with E-state index < -0.39 is 0 Å². The van der Waals surface area contributed by atoms with Gasteiger partial charge in [0, 0.05) is 17.1 Å². The van der Waals surface area contributed by atoms with Crippen molar-refractivity contribution in [3.05, 3.63) is 28.2 Å². The van der Waals surface area contributed by atoms with Crippen molar-refractivity contribution in [1.29, 1.82) is 0 Å². The van der Waals surface area contributed by atoms with Crippen LogP contribution in [0.3, 0.4) is 0 Å². The van der Waals surface area contributed by atoms with Crippen LogP contribution in [0, 0.1) is 6.92 Å². The normalized spacial score (nSPS) is 14.4. The molecule has 1 aromatic carbocycles. The average Bonchev–Trinajstić information content (AvgIpc) is 3.16. The molecule has 0 aliphatic heterocycles. The Kier molecular flexibility index (Phi) is 4.27. The number of hydrogen-bond donors (Lipinski definition) is 0. The van der Waals surface area contributed by atoms with Crippen LogP contribution in [0.1, 0.15) is 25.3 Å². The predicted octanol–water partition coefficient (Wildman–Crippen LogP) is 3.15. The lowest BCUT2D eigenvalue weighted by atomic mass is 10.2. The molecule has 1 saturated carbocycles. The van der Waals surface area contributed by atoms with Gasteiger partial charge in [-0.25, -0.2) is 0 Å². The summed E-state index contributed by atoms with van der Waals surface area (Å²) in [5, 5.41) is 0. The van der Waals surface area contributed by atoms with Gasteiger partial charge in [-0.2, -0.15) is 0 Å². The molecule has 0 saturated heterocycles. The van der Waals surface area contributed by atoms with Crippen LogP contribution in [-0.4, -0.2) is 30.0 Å². The summed E-state index contributed by atoms with van der Waals surface area (Å²) in [6.07, 6.45) is 2.27. The topological polar surface area (TPSA) is 29.5 Å². The Morgan fingerprint density at radius 2 is 2.22 bits per heavy atom. The molecule has 1 fully saturated rings. The number of amides is 1. The van der Waals surface area contributed by atoms with Gasteiger partial charge < -0.3 is 9.64 Å². The van der Waals surface area contributed by atoms with Gasteiger partial charge in [-0.3, -0.25) is 4.79 Å². The van der Waals surface area contributed by atoms with Crippen molar-refractivity contribution in [3.8, 4) is 5.75 Å². The number of benzene rings is 1. The molecule has 1 aliphatic carbocycles. The zero-order valence-corrected chi connectivity index (χ0v) is 12.4. The quantitative estimate of drug-likeness (QED) is 0.836. The fraction of sp³-hybridized carbons (Fsp3) is 0.500. The van der Waals surface area contributed by atoms with Gasteiger partial charge in [-0.1, -0.05) is 15.9 Å². The fourth-order valence-electron chi connectivity index (χ4n) is 1.96. The molecule has 98 valence electrons. The van der Waals surface area contributed by atoms with Crippen LogP contribution >= 0.6 is 15.9 Å². The smallest absolute Gasteiger partial charge is 0.260 e. The molecule has 0 heterocycles. The molecule has 0 spiro atoms. The van der Waals surface area contributed by atoms with E-state index in [1.165, 1.54) is 0 Å². The van der Waals surface area contributed by atoms with E-state index in [-0.39, 0.29) is 12.5 Å². The van der Waals surface area contributed by atoms with Crippen molar-refractivity contribution in [1.82, 2.24) is 4.90 Å². The maximum absolute atomic E-state index is 12.0. The summed E-state index contributed by atoms with van der Waals surface area (Å²) in [5.74, 6) is 0.830. The van der Waals surface area contributed by atoms with Crippen LogP contribution in [-0.2, 0) is 4.79 Å². The molecule has 1 amide bonds. The minimum Gasteiger partial charge on any atom is -0.484 e.